The van der Waals surface area contributed by atoms with Crippen LogP contribution in [0.4, 0.5) is 4.39 Å². The molecule has 3 rings (SSSR count). The number of nitrogens with two attached hydrogens (primary N) is 1. The normalized spacial score (nSPS) is 12.4. The van der Waals surface area contributed by atoms with Crippen LogP contribution in [0, 0.1) is 5.82 Å². The highest BCUT2D eigenvalue weighted by Crippen LogP contribution is 2.20. The van der Waals surface area contributed by atoms with Crippen LogP contribution in [0.25, 0.3) is 10.9 Å². The molecule has 0 fully saturated rings. The molecule has 0 radical (unpaired) electrons. The first-order chi connectivity index (χ1) is 16.6. The van der Waals surface area contributed by atoms with E-state index in [-0.39, 0.29) is 35.9 Å². The first kappa shape index (κ1) is 25.7. The smallest absolute Gasteiger partial charge is 0.269 e. The summed E-state index contributed by atoms with van der Waals surface area (Å²) in [6.07, 6.45) is 0.848. The van der Waals surface area contributed by atoms with Gasteiger partial charge in [-0.3, -0.25) is 19.1 Å². The molecule has 4 N–H and O–H groups in total. The molecule has 184 valence electrons. The third-order valence-corrected chi connectivity index (χ3v) is 5.76. The van der Waals surface area contributed by atoms with E-state index in [1.807, 2.05) is 0 Å². The van der Waals surface area contributed by atoms with Crippen LogP contribution in [0.3, 0.4) is 0 Å². The highest BCUT2D eigenvalue weighted by molar-refractivity contribution is 6.30. The third kappa shape index (κ3) is 5.78. The van der Waals surface area contributed by atoms with E-state index >= 15 is 0 Å². The molecule has 9 nitrogen and oxygen atoms in total. The summed E-state index contributed by atoms with van der Waals surface area (Å²) < 4.78 is 15.5. The van der Waals surface area contributed by atoms with Crippen LogP contribution in [0.15, 0.2) is 54.3 Å². The predicted octanol–water partition coefficient (Wildman–Crippen LogP) is 2.92. The SMILES string of the molecule is C/C(=C\O)CN(C(=O)Cn1nc(C(N)=O)c2ccccc21)[C@H](C)C(=O)NCc1cccc(Cl)c1F. The van der Waals surface area contributed by atoms with Crippen molar-refractivity contribution in [1.82, 2.24) is 20.0 Å². The Morgan fingerprint density at radius 1 is 1.26 bits per heavy atom. The van der Waals surface area contributed by atoms with Crippen molar-refractivity contribution in [3.63, 3.8) is 0 Å². The number of carbonyl (C=O) groups is 3. The lowest BCUT2D eigenvalue weighted by atomic mass is 10.1. The number of aliphatic hydroxyl groups is 1. The van der Waals surface area contributed by atoms with Crippen molar-refractivity contribution in [3.8, 4) is 0 Å². The van der Waals surface area contributed by atoms with E-state index in [2.05, 4.69) is 10.4 Å². The van der Waals surface area contributed by atoms with Crippen LogP contribution in [0.2, 0.25) is 5.02 Å². The molecule has 0 aliphatic heterocycles. The van der Waals surface area contributed by atoms with Gasteiger partial charge >= 0.3 is 0 Å². The fourth-order valence-corrected chi connectivity index (χ4v) is 3.75. The van der Waals surface area contributed by atoms with Gasteiger partial charge in [-0.15, -0.1) is 0 Å². The van der Waals surface area contributed by atoms with Crippen molar-refractivity contribution < 1.29 is 23.9 Å². The molecule has 0 saturated carbocycles. The maximum absolute atomic E-state index is 14.2. The number of fused-ring (bicyclic) bond motifs is 1. The first-order valence-corrected chi connectivity index (χ1v) is 11.1. The number of aliphatic hydroxyl groups excluding tert-OH is 1. The van der Waals surface area contributed by atoms with Gasteiger partial charge in [0.2, 0.25) is 11.8 Å². The summed E-state index contributed by atoms with van der Waals surface area (Å²) in [5.74, 6) is -2.40. The maximum atomic E-state index is 14.2. The minimum Gasteiger partial charge on any atom is -0.516 e. The van der Waals surface area contributed by atoms with E-state index in [9.17, 15) is 23.9 Å². The quantitative estimate of drug-likeness (QED) is 0.388. The van der Waals surface area contributed by atoms with Crippen molar-refractivity contribution in [2.75, 3.05) is 6.54 Å². The largest absolute Gasteiger partial charge is 0.516 e. The minimum atomic E-state index is -0.975. The third-order valence-electron chi connectivity index (χ3n) is 5.47. The van der Waals surface area contributed by atoms with Gasteiger partial charge in [-0.2, -0.15) is 5.10 Å². The average molecular weight is 502 g/mol. The van der Waals surface area contributed by atoms with E-state index in [1.165, 1.54) is 28.6 Å². The van der Waals surface area contributed by atoms with Gasteiger partial charge in [-0.1, -0.05) is 41.9 Å². The number of rotatable bonds is 9. The number of amides is 3. The van der Waals surface area contributed by atoms with Crippen LogP contribution in [0.5, 0.6) is 0 Å². The zero-order chi connectivity index (χ0) is 25.7. The van der Waals surface area contributed by atoms with Gasteiger partial charge in [0.25, 0.3) is 5.91 Å². The van der Waals surface area contributed by atoms with Crippen LogP contribution in [-0.2, 0) is 22.7 Å². The second-order valence-electron chi connectivity index (χ2n) is 7.99. The molecule has 1 atom stereocenters. The molecular formula is C24H25ClFN5O4. The monoisotopic (exact) mass is 501 g/mol. The molecule has 1 heterocycles. The van der Waals surface area contributed by atoms with Crippen LogP contribution in [-0.4, -0.2) is 50.1 Å². The van der Waals surface area contributed by atoms with Gasteiger partial charge in [-0.05, 0) is 31.6 Å². The van der Waals surface area contributed by atoms with Gasteiger partial charge in [0.05, 0.1) is 16.8 Å². The Labute approximate surface area is 205 Å². The highest BCUT2D eigenvalue weighted by Gasteiger charge is 2.27. The van der Waals surface area contributed by atoms with Gasteiger partial charge in [0, 0.05) is 24.0 Å². The predicted molar refractivity (Wildman–Crippen MR) is 129 cm³/mol. The van der Waals surface area contributed by atoms with Crippen LogP contribution in [0.1, 0.15) is 29.9 Å². The number of benzene rings is 2. The zero-order valence-electron chi connectivity index (χ0n) is 19.2. The maximum Gasteiger partial charge on any atom is 0.269 e. The Morgan fingerprint density at radius 2 is 1.97 bits per heavy atom. The van der Waals surface area contributed by atoms with E-state index in [0.29, 0.717) is 16.5 Å². The van der Waals surface area contributed by atoms with Crippen LogP contribution < -0.4 is 11.1 Å². The topological polar surface area (TPSA) is 131 Å². The molecule has 0 saturated heterocycles. The Hall–Kier alpha value is -3.92. The van der Waals surface area contributed by atoms with Crippen molar-refractivity contribution in [2.24, 2.45) is 5.73 Å². The molecule has 1 aromatic heterocycles. The molecule has 0 aliphatic carbocycles. The minimum absolute atomic E-state index is 0.0284. The molecule has 3 amide bonds. The Morgan fingerprint density at radius 3 is 2.66 bits per heavy atom. The van der Waals surface area contributed by atoms with Gasteiger partial charge in [0.1, 0.15) is 18.4 Å². The second kappa shape index (κ2) is 11.0. The summed E-state index contributed by atoms with van der Waals surface area (Å²) in [4.78, 5) is 39.2. The molecule has 2 aromatic carbocycles. The number of nitrogens with one attached hydrogen (secondary N) is 1. The summed E-state index contributed by atoms with van der Waals surface area (Å²) in [7, 11) is 0. The zero-order valence-corrected chi connectivity index (χ0v) is 19.9. The standard InChI is InChI=1S/C24H25ClFN5O4/c1-14(13-32)11-30(15(2)24(35)28-10-16-6-5-8-18(25)21(16)26)20(33)12-31-19-9-4-3-7-17(19)22(29-31)23(27)34/h3-9,13,15,32H,10-12H2,1-2H3,(H2,27,34)(H,28,35)/b14-13+/t15-/m1/s1. The van der Waals surface area contributed by atoms with Crippen molar-refractivity contribution in [3.05, 3.63) is 76.4 Å². The molecule has 0 spiro atoms. The average Bonchev–Trinajstić information content (AvgIpc) is 3.21. The van der Waals surface area contributed by atoms with Gasteiger partial charge < -0.3 is 21.1 Å². The molecule has 0 unspecified atom stereocenters. The lowest BCUT2D eigenvalue weighted by Gasteiger charge is -2.29. The number of halogens is 2. The second-order valence-corrected chi connectivity index (χ2v) is 8.40. The molecule has 11 heteroatoms. The number of hydrogen-bond acceptors (Lipinski definition) is 5. The van der Waals surface area contributed by atoms with E-state index in [0.717, 1.165) is 6.26 Å². The summed E-state index contributed by atoms with van der Waals surface area (Å²) in [5, 5.41) is 16.6. The number of hydrogen-bond donors (Lipinski definition) is 3. The van der Waals surface area contributed by atoms with E-state index in [1.54, 1.807) is 37.3 Å². The Bertz CT molecular complexity index is 1310. The Balaban J connectivity index is 1.82. The number of aromatic nitrogens is 2. The molecular weight excluding hydrogens is 477 g/mol. The molecule has 3 aromatic rings. The Kier molecular flexibility index (Phi) is 8.08. The molecule has 0 aliphatic rings. The number of primary amides is 1. The van der Waals surface area contributed by atoms with Gasteiger partial charge in [-0.25, -0.2) is 4.39 Å². The fraction of sp³-hybridized carbons (Fsp3) is 0.250. The summed E-state index contributed by atoms with van der Waals surface area (Å²) in [6, 6.07) is 10.3. The number of nitrogens with zero attached hydrogens (tertiary/aromatic N) is 3. The van der Waals surface area contributed by atoms with Gasteiger partial charge in [0.15, 0.2) is 5.69 Å². The fourth-order valence-electron chi connectivity index (χ4n) is 3.56. The number of carbonyl (C=O) groups excluding carboxylic acids is 3. The lowest BCUT2D eigenvalue weighted by Crippen LogP contribution is -2.49. The summed E-state index contributed by atoms with van der Waals surface area (Å²) >= 11 is 5.79. The summed E-state index contributed by atoms with van der Waals surface area (Å²) in [5.41, 5.74) is 6.61. The highest BCUT2D eigenvalue weighted by atomic mass is 35.5. The van der Waals surface area contributed by atoms with Crippen molar-refractivity contribution in [1.29, 1.82) is 0 Å². The molecule has 0 bridgehead atoms. The molecule has 35 heavy (non-hydrogen) atoms. The first-order valence-electron chi connectivity index (χ1n) is 10.7. The number of para-hydroxylation sites is 1. The van der Waals surface area contributed by atoms with Crippen molar-refractivity contribution in [2.45, 2.75) is 33.0 Å². The van der Waals surface area contributed by atoms with Crippen molar-refractivity contribution >= 4 is 40.2 Å². The van der Waals surface area contributed by atoms with E-state index < -0.39 is 29.6 Å². The summed E-state index contributed by atoms with van der Waals surface area (Å²) in [6.45, 7) is 2.66. The van der Waals surface area contributed by atoms with Crippen LogP contribution >= 0.6 is 11.6 Å². The lowest BCUT2D eigenvalue weighted by molar-refractivity contribution is -0.140. The van der Waals surface area contributed by atoms with E-state index in [4.69, 9.17) is 17.3 Å².